The highest BCUT2D eigenvalue weighted by Gasteiger charge is 2.69. The third-order valence-corrected chi connectivity index (χ3v) is 8.60. The van der Waals surface area contributed by atoms with Crippen molar-refractivity contribution in [3.05, 3.63) is 4.85 Å². The molecule has 2 heterocycles. The van der Waals surface area contributed by atoms with E-state index in [0.717, 1.165) is 38.4 Å². The molecule has 218 valence electrons. The van der Waals surface area contributed by atoms with Crippen LogP contribution in [0.1, 0.15) is 98.8 Å². The lowest BCUT2D eigenvalue weighted by Gasteiger charge is -2.33. The molecule has 8 nitrogen and oxygen atoms in total. The first-order valence-electron chi connectivity index (χ1n) is 14.9. The van der Waals surface area contributed by atoms with Gasteiger partial charge in [-0.3, -0.25) is 14.4 Å². The fourth-order valence-corrected chi connectivity index (χ4v) is 6.11. The van der Waals surface area contributed by atoms with Gasteiger partial charge in [0, 0.05) is 38.3 Å². The largest absolute Gasteiger partial charge is 0.460 e. The van der Waals surface area contributed by atoms with Crippen molar-refractivity contribution in [2.24, 2.45) is 29.1 Å². The summed E-state index contributed by atoms with van der Waals surface area (Å²) in [4.78, 5) is 56.7. The molecule has 39 heavy (non-hydrogen) atoms. The number of ketones is 1. The van der Waals surface area contributed by atoms with Crippen LogP contribution in [0.5, 0.6) is 0 Å². The average molecular weight is 546 g/mol. The van der Waals surface area contributed by atoms with Gasteiger partial charge in [0.2, 0.25) is 5.91 Å². The molecule has 2 saturated carbocycles. The molecule has 4 rings (SSSR count). The lowest BCUT2D eigenvalue weighted by molar-refractivity contribution is -0.160. The fourth-order valence-electron chi connectivity index (χ4n) is 6.11. The number of hydrogen-bond acceptors (Lipinski definition) is 6. The van der Waals surface area contributed by atoms with E-state index in [9.17, 15) is 19.2 Å². The van der Waals surface area contributed by atoms with Crippen molar-refractivity contribution in [1.82, 2.24) is 4.90 Å². The molecule has 1 amide bonds. The molecule has 0 aromatic heterocycles. The second-order valence-electron chi connectivity index (χ2n) is 13.5. The highest BCUT2D eigenvalue weighted by Crippen LogP contribution is 2.65. The molecule has 0 N–H and O–H groups in total. The van der Waals surface area contributed by atoms with E-state index < -0.39 is 23.5 Å². The van der Waals surface area contributed by atoms with Crippen LogP contribution in [-0.4, -0.2) is 66.3 Å². The summed E-state index contributed by atoms with van der Waals surface area (Å²) in [5.74, 6) is -1.25. The topological polar surface area (TPSA) is 94.3 Å². The maximum Gasteiger partial charge on any atom is 0.307 e. The lowest BCUT2D eigenvalue weighted by atomic mass is 9.89. The van der Waals surface area contributed by atoms with E-state index in [4.69, 9.17) is 16.0 Å². The van der Waals surface area contributed by atoms with Crippen LogP contribution in [0, 0.1) is 35.7 Å². The lowest BCUT2D eigenvalue weighted by Crippen LogP contribution is -2.49. The number of carbonyl (C=O) groups excluding carboxylic acids is 4. The fraction of sp³-hybridized carbons (Fsp3) is 0.839. The van der Waals surface area contributed by atoms with Gasteiger partial charge in [-0.05, 0) is 50.9 Å². The Labute approximate surface area is 234 Å². The minimum absolute atomic E-state index is 0.00573. The Kier molecular flexibility index (Phi) is 10.7. The second kappa shape index (κ2) is 13.4. The Hall–Kier alpha value is -2.27. The molecular weight excluding hydrogens is 496 g/mol. The van der Waals surface area contributed by atoms with Crippen molar-refractivity contribution < 1.29 is 28.7 Å². The Bertz CT molecular complexity index is 928. The number of rotatable bonds is 3. The molecule has 0 radical (unpaired) electrons. The molecule has 4 fully saturated rings. The van der Waals surface area contributed by atoms with Crippen molar-refractivity contribution in [2.75, 3.05) is 19.8 Å². The van der Waals surface area contributed by atoms with E-state index >= 15 is 0 Å². The molecule has 5 atom stereocenters. The van der Waals surface area contributed by atoms with Crippen LogP contribution in [0.4, 0.5) is 0 Å². The van der Waals surface area contributed by atoms with Gasteiger partial charge in [-0.2, -0.15) is 0 Å². The number of amides is 1. The van der Waals surface area contributed by atoms with Gasteiger partial charge in [0.25, 0.3) is 12.6 Å². The molecule has 0 aromatic rings. The third-order valence-electron chi connectivity index (χ3n) is 8.60. The summed E-state index contributed by atoms with van der Waals surface area (Å²) in [7, 11) is 0. The molecule has 2 saturated heterocycles. The van der Waals surface area contributed by atoms with Crippen LogP contribution in [0.3, 0.4) is 0 Å². The van der Waals surface area contributed by atoms with Gasteiger partial charge in [0.05, 0.1) is 25.0 Å². The second-order valence-corrected chi connectivity index (χ2v) is 13.5. The number of piperidine rings is 1. The van der Waals surface area contributed by atoms with E-state index in [1.54, 1.807) is 25.7 Å². The summed E-state index contributed by atoms with van der Waals surface area (Å²) in [5.41, 5.74) is -0.632. The van der Waals surface area contributed by atoms with Gasteiger partial charge in [0.15, 0.2) is 5.78 Å². The summed E-state index contributed by atoms with van der Waals surface area (Å²) in [6, 6.07) is 0.0130. The molecule has 2 aliphatic carbocycles. The van der Waals surface area contributed by atoms with Crippen molar-refractivity contribution in [3.8, 4) is 6.57 Å². The smallest absolute Gasteiger partial charge is 0.307 e. The molecule has 0 bridgehead atoms. The Morgan fingerprint density at radius 3 is 2.38 bits per heavy atom. The standard InChI is InChI=1S/C27H43NO6.C4H6N/c1-26(2,3)34-22(31)14-19-17-33-12-10-8-6-7-9-11-18(16-29)13-21(30)24-23-20(27(23,4)5)15-28(24)25(19)32;1-5-4-2-3-4/h16,18-20,23-24H,6-15,17H2,1-5H3;1,4H,2-3H2/q;+1/t18-,19+,20+,23+,24-;/m1./s1. The van der Waals surface area contributed by atoms with Crippen LogP contribution in [-0.2, 0) is 28.7 Å². The van der Waals surface area contributed by atoms with E-state index in [0.29, 0.717) is 25.6 Å². The third kappa shape index (κ3) is 8.86. The van der Waals surface area contributed by atoms with E-state index in [1.807, 2.05) is 0 Å². The van der Waals surface area contributed by atoms with Crippen molar-refractivity contribution >= 4 is 23.9 Å². The quantitative estimate of drug-likeness (QED) is 0.363. The molecule has 0 unspecified atom stereocenters. The van der Waals surface area contributed by atoms with E-state index in [-0.39, 0.29) is 54.3 Å². The summed E-state index contributed by atoms with van der Waals surface area (Å²) in [6.45, 7) is 15.8. The number of nitrogens with zero attached hydrogens (tertiary/aromatic N) is 2. The maximum atomic E-state index is 13.7. The molecule has 0 aromatic carbocycles. The van der Waals surface area contributed by atoms with Crippen molar-refractivity contribution in [1.29, 1.82) is 0 Å². The SMILES string of the molecule is C#[N+]C1CC1.CC(C)(C)OC(=O)C[C@H]1COCCCCCCC[C@@H](C=O)CC(=O)[C@@H]2[C@@H]3[C@H](CN2C1=O)C3(C)C. The summed E-state index contributed by atoms with van der Waals surface area (Å²) in [5, 5.41) is 0. The summed E-state index contributed by atoms with van der Waals surface area (Å²) in [6.07, 6.45) is 9.11. The highest BCUT2D eigenvalue weighted by molar-refractivity contribution is 5.93. The van der Waals surface area contributed by atoms with Gasteiger partial charge in [0.1, 0.15) is 11.9 Å². The number of carbonyl (C=O) groups is 4. The molecule has 4 aliphatic rings. The van der Waals surface area contributed by atoms with Crippen molar-refractivity contribution in [2.45, 2.75) is 117 Å². The van der Waals surface area contributed by atoms with Gasteiger partial charge >= 0.3 is 5.97 Å². The molecular formula is C31H49N2O6+. The number of Topliss-reactive ketones (excluding diaryl/α,β-unsaturated/α-hetero) is 1. The Balaban J connectivity index is 0.000000753. The van der Waals surface area contributed by atoms with E-state index in [1.165, 1.54) is 12.8 Å². The predicted molar refractivity (Wildman–Crippen MR) is 149 cm³/mol. The van der Waals surface area contributed by atoms with Crippen LogP contribution < -0.4 is 0 Å². The molecule has 0 spiro atoms. The van der Waals surface area contributed by atoms with Crippen LogP contribution >= 0.6 is 0 Å². The zero-order chi connectivity index (χ0) is 28.8. The maximum absolute atomic E-state index is 13.7. The molecule has 8 heteroatoms. The predicted octanol–water partition coefficient (Wildman–Crippen LogP) is 5.07. The zero-order valence-corrected chi connectivity index (χ0v) is 24.7. The normalized spacial score (nSPS) is 31.6. The van der Waals surface area contributed by atoms with Gasteiger partial charge < -0.3 is 19.2 Å². The Morgan fingerprint density at radius 1 is 1.13 bits per heavy atom. The number of esters is 1. The summed E-state index contributed by atoms with van der Waals surface area (Å²) >= 11 is 0. The van der Waals surface area contributed by atoms with Gasteiger partial charge in [-0.1, -0.05) is 44.4 Å². The van der Waals surface area contributed by atoms with Gasteiger partial charge in [-0.25, -0.2) is 0 Å². The number of aldehydes is 1. The van der Waals surface area contributed by atoms with Crippen LogP contribution in [0.25, 0.3) is 4.85 Å². The zero-order valence-electron chi connectivity index (χ0n) is 24.7. The number of hydrogen-bond donors (Lipinski definition) is 0. The van der Waals surface area contributed by atoms with Gasteiger partial charge in [-0.15, -0.1) is 0 Å². The monoisotopic (exact) mass is 545 g/mol. The first kappa shape index (κ1) is 31.3. The van der Waals surface area contributed by atoms with Crippen LogP contribution in [0.2, 0.25) is 0 Å². The number of ether oxygens (including phenoxy) is 2. The first-order chi connectivity index (χ1) is 18.4. The van der Waals surface area contributed by atoms with E-state index in [2.05, 4.69) is 18.7 Å². The van der Waals surface area contributed by atoms with Crippen molar-refractivity contribution in [3.63, 3.8) is 0 Å². The number of fused-ring (bicyclic) bond motifs is 3. The average Bonchev–Trinajstić information content (AvgIpc) is 3.73. The summed E-state index contributed by atoms with van der Waals surface area (Å²) < 4.78 is 11.3. The minimum Gasteiger partial charge on any atom is -0.460 e. The van der Waals surface area contributed by atoms with Crippen LogP contribution in [0.15, 0.2) is 0 Å². The molecule has 2 aliphatic heterocycles. The highest BCUT2D eigenvalue weighted by atomic mass is 16.6. The minimum atomic E-state index is -0.680. The Morgan fingerprint density at radius 2 is 1.79 bits per heavy atom. The first-order valence-corrected chi connectivity index (χ1v) is 14.9.